The summed E-state index contributed by atoms with van der Waals surface area (Å²) in [5.41, 5.74) is 1.19. The van der Waals surface area contributed by atoms with Gasteiger partial charge in [-0.15, -0.1) is 0 Å². The maximum absolute atomic E-state index is 12.7. The summed E-state index contributed by atoms with van der Waals surface area (Å²) in [6.45, 7) is 4.53. The molecule has 1 aromatic heterocycles. The van der Waals surface area contributed by atoms with Crippen LogP contribution in [0.2, 0.25) is 0 Å². The Morgan fingerprint density at radius 1 is 1.31 bits per heavy atom. The van der Waals surface area contributed by atoms with E-state index in [2.05, 4.69) is 17.1 Å². The molecule has 3 aliphatic rings. The summed E-state index contributed by atoms with van der Waals surface area (Å²) in [6, 6.07) is 11.9. The fraction of sp³-hybridized carbons (Fsp3) is 0.400. The third-order valence-corrected chi connectivity index (χ3v) is 6.44. The van der Waals surface area contributed by atoms with Crippen LogP contribution in [0.1, 0.15) is 35.7 Å². The maximum Gasteiger partial charge on any atom is 0.251 e. The van der Waals surface area contributed by atoms with Crippen molar-refractivity contribution < 1.29 is 9.21 Å². The number of amides is 1. The molecule has 5 rings (SSSR count). The van der Waals surface area contributed by atoms with E-state index in [4.69, 9.17) is 9.68 Å². The van der Waals surface area contributed by atoms with Crippen molar-refractivity contribution in [3.05, 3.63) is 47.7 Å². The Kier molecular flexibility index (Phi) is 4.75. The molecule has 3 aliphatic heterocycles. The Morgan fingerprint density at radius 3 is 2.65 bits per heavy atom. The summed E-state index contributed by atoms with van der Waals surface area (Å²) in [6.07, 6.45) is 3.80. The summed E-state index contributed by atoms with van der Waals surface area (Å²) < 4.78 is 5.33. The fourth-order valence-corrected chi connectivity index (χ4v) is 4.79. The molecule has 4 heterocycles. The molecule has 3 fully saturated rings. The van der Waals surface area contributed by atoms with E-state index in [9.17, 15) is 4.79 Å². The molecule has 2 aromatic rings. The molecule has 0 spiro atoms. The van der Waals surface area contributed by atoms with Gasteiger partial charge < -0.3 is 9.73 Å². The predicted molar refractivity (Wildman–Crippen MR) is 99.0 cm³/mol. The van der Waals surface area contributed by atoms with Crippen LogP contribution in [0.25, 0.3) is 0 Å². The molecule has 0 saturated carbocycles. The van der Waals surface area contributed by atoms with Gasteiger partial charge in [0.25, 0.3) is 5.91 Å². The van der Waals surface area contributed by atoms with Gasteiger partial charge in [0.2, 0.25) is 0 Å². The van der Waals surface area contributed by atoms with E-state index < -0.39 is 0 Å². The predicted octanol–water partition coefficient (Wildman–Crippen LogP) is 3.51. The molecule has 1 aromatic carbocycles. The molecular weight excluding hydrogens is 346 g/mol. The van der Waals surface area contributed by atoms with E-state index in [-0.39, 0.29) is 11.9 Å². The molecule has 5 nitrogen and oxygen atoms in total. The van der Waals surface area contributed by atoms with Gasteiger partial charge in [-0.1, -0.05) is 11.8 Å². The molecule has 2 atom stereocenters. The highest BCUT2D eigenvalue weighted by atomic mass is 32.2. The van der Waals surface area contributed by atoms with E-state index in [1.807, 2.05) is 30.3 Å². The van der Waals surface area contributed by atoms with Crippen LogP contribution in [0.3, 0.4) is 0 Å². The lowest BCUT2D eigenvalue weighted by molar-refractivity contribution is 0.0217. The molecule has 2 bridgehead atoms. The molecule has 3 saturated heterocycles. The minimum absolute atomic E-state index is 0.00286. The number of furan rings is 1. The zero-order valence-electron chi connectivity index (χ0n) is 14.6. The lowest BCUT2D eigenvalue weighted by Crippen LogP contribution is -2.62. The minimum atomic E-state index is -0.00286. The van der Waals surface area contributed by atoms with Gasteiger partial charge in [-0.2, -0.15) is 5.26 Å². The van der Waals surface area contributed by atoms with Crippen molar-refractivity contribution in [2.24, 2.45) is 5.92 Å². The average Bonchev–Trinajstić information content (AvgIpc) is 3.13. The Morgan fingerprint density at radius 2 is 2.04 bits per heavy atom. The zero-order chi connectivity index (χ0) is 18.1. The van der Waals surface area contributed by atoms with Crippen LogP contribution < -0.4 is 5.32 Å². The van der Waals surface area contributed by atoms with Gasteiger partial charge >= 0.3 is 0 Å². The zero-order valence-corrected chi connectivity index (χ0v) is 15.5. The van der Waals surface area contributed by atoms with Crippen LogP contribution in [-0.4, -0.2) is 36.0 Å². The molecule has 6 heteroatoms. The second-order valence-corrected chi connectivity index (χ2v) is 8.08. The molecule has 1 N–H and O–H groups in total. The number of benzene rings is 1. The van der Waals surface area contributed by atoms with E-state index in [1.165, 1.54) is 30.9 Å². The van der Waals surface area contributed by atoms with Gasteiger partial charge in [-0.05, 0) is 63.0 Å². The van der Waals surface area contributed by atoms with Gasteiger partial charge in [-0.25, -0.2) is 0 Å². The Bertz CT molecular complexity index is 829. The van der Waals surface area contributed by atoms with Crippen LogP contribution in [-0.2, 0) is 0 Å². The number of nitriles is 1. The first kappa shape index (κ1) is 17.2. The summed E-state index contributed by atoms with van der Waals surface area (Å²) in [4.78, 5) is 16.1. The van der Waals surface area contributed by atoms with E-state index in [1.54, 1.807) is 6.07 Å². The number of nitrogens with zero attached hydrogens (tertiary/aromatic N) is 2. The van der Waals surface area contributed by atoms with Gasteiger partial charge in [-0.3, -0.25) is 9.69 Å². The maximum atomic E-state index is 12.7. The normalized spacial score (nSPS) is 27.1. The van der Waals surface area contributed by atoms with Crippen LogP contribution in [0.5, 0.6) is 0 Å². The lowest BCUT2D eigenvalue weighted by Gasteiger charge is -2.49. The van der Waals surface area contributed by atoms with Crippen molar-refractivity contribution in [3.63, 3.8) is 0 Å². The van der Waals surface area contributed by atoms with Gasteiger partial charge in [0.1, 0.15) is 12.3 Å². The highest BCUT2D eigenvalue weighted by molar-refractivity contribution is 7.99. The number of hydrogen-bond donors (Lipinski definition) is 1. The van der Waals surface area contributed by atoms with Crippen molar-refractivity contribution in [3.8, 4) is 6.07 Å². The first-order valence-electron chi connectivity index (χ1n) is 8.95. The van der Waals surface area contributed by atoms with Crippen LogP contribution in [0.4, 0.5) is 0 Å². The number of carbonyl (C=O) groups excluding carboxylic acids is 1. The average molecular weight is 367 g/mol. The van der Waals surface area contributed by atoms with Gasteiger partial charge in [0, 0.05) is 28.6 Å². The van der Waals surface area contributed by atoms with Crippen molar-refractivity contribution in [1.29, 1.82) is 5.26 Å². The van der Waals surface area contributed by atoms with Crippen LogP contribution >= 0.6 is 11.8 Å². The SMILES string of the molecule is C[C@H]1[C@H](NC(=O)c2ccc(Sc3cc(C#N)co3)cc2)C2CCN1CC2. The van der Waals surface area contributed by atoms with Gasteiger partial charge in [0.05, 0.1) is 5.56 Å². The van der Waals surface area contributed by atoms with Gasteiger partial charge in [0.15, 0.2) is 5.09 Å². The second kappa shape index (κ2) is 7.18. The van der Waals surface area contributed by atoms with Crippen molar-refractivity contribution >= 4 is 17.7 Å². The second-order valence-electron chi connectivity index (χ2n) is 7.01. The summed E-state index contributed by atoms with van der Waals surface area (Å²) >= 11 is 1.43. The number of hydrogen-bond acceptors (Lipinski definition) is 5. The number of rotatable bonds is 4. The number of carbonyl (C=O) groups is 1. The monoisotopic (exact) mass is 367 g/mol. The summed E-state index contributed by atoms with van der Waals surface area (Å²) in [7, 11) is 0. The molecule has 134 valence electrons. The largest absolute Gasteiger partial charge is 0.456 e. The first-order valence-corrected chi connectivity index (χ1v) is 9.77. The van der Waals surface area contributed by atoms with Crippen molar-refractivity contribution in [1.82, 2.24) is 10.2 Å². The minimum Gasteiger partial charge on any atom is -0.456 e. The van der Waals surface area contributed by atoms with Crippen LogP contribution in [0, 0.1) is 17.2 Å². The summed E-state index contributed by atoms with van der Waals surface area (Å²) in [5, 5.41) is 12.8. The van der Waals surface area contributed by atoms with E-state index in [0.29, 0.717) is 28.2 Å². The highest BCUT2D eigenvalue weighted by Gasteiger charge is 2.40. The molecular formula is C20H21N3O2S. The third-order valence-electron chi connectivity index (χ3n) is 5.51. The number of piperidine rings is 3. The molecule has 0 unspecified atom stereocenters. The van der Waals surface area contributed by atoms with E-state index in [0.717, 1.165) is 18.0 Å². The van der Waals surface area contributed by atoms with Crippen molar-refractivity contribution in [2.75, 3.05) is 13.1 Å². The molecule has 26 heavy (non-hydrogen) atoms. The lowest BCUT2D eigenvalue weighted by atomic mass is 9.79. The Labute approximate surface area is 157 Å². The van der Waals surface area contributed by atoms with E-state index >= 15 is 0 Å². The summed E-state index contributed by atoms with van der Waals surface area (Å²) in [5.74, 6) is 0.596. The van der Waals surface area contributed by atoms with Crippen molar-refractivity contribution in [2.45, 2.75) is 41.8 Å². The topological polar surface area (TPSA) is 69.3 Å². The number of nitrogens with one attached hydrogen (secondary N) is 1. The fourth-order valence-electron chi connectivity index (χ4n) is 4.00. The smallest absolute Gasteiger partial charge is 0.251 e. The molecule has 0 aliphatic carbocycles. The number of fused-ring (bicyclic) bond motifs is 3. The quantitative estimate of drug-likeness (QED) is 0.895. The highest BCUT2D eigenvalue weighted by Crippen LogP contribution is 2.32. The van der Waals surface area contributed by atoms with Crippen LogP contribution in [0.15, 0.2) is 51.0 Å². The standard InChI is InChI=1S/C20H21N3O2S/c1-13-19(15-6-8-23(13)9-7-15)22-20(24)16-2-4-17(5-3-16)26-18-10-14(11-21)12-25-18/h2-5,10,12-13,15,19H,6-9H2,1H3,(H,22,24)/t13-,19-/m0/s1. The Hall–Kier alpha value is -2.23. The Balaban J connectivity index is 1.40. The molecule has 1 amide bonds. The molecule has 0 radical (unpaired) electrons. The first-order chi connectivity index (χ1) is 12.6. The third kappa shape index (κ3) is 3.37.